The van der Waals surface area contributed by atoms with Gasteiger partial charge in [0, 0.05) is 38.4 Å². The van der Waals surface area contributed by atoms with Gasteiger partial charge in [-0.2, -0.15) is 0 Å². The number of piperidine rings is 1. The van der Waals surface area contributed by atoms with E-state index < -0.39 is 0 Å². The van der Waals surface area contributed by atoms with Crippen molar-refractivity contribution < 1.29 is 14.3 Å². The zero-order chi connectivity index (χ0) is 13.7. The number of hydrogen-bond acceptors (Lipinski definition) is 4. The van der Waals surface area contributed by atoms with Crippen LogP contribution in [0.15, 0.2) is 18.7 Å². The Morgan fingerprint density at radius 1 is 1.47 bits per heavy atom. The Bertz CT molecular complexity index is 430. The van der Waals surface area contributed by atoms with E-state index in [0.29, 0.717) is 19.5 Å². The van der Waals surface area contributed by atoms with Crippen molar-refractivity contribution in [1.82, 2.24) is 14.5 Å². The monoisotopic (exact) mass is 265 g/mol. The second-order valence-corrected chi connectivity index (χ2v) is 4.75. The highest BCUT2D eigenvalue weighted by molar-refractivity contribution is 5.78. The normalized spacial score (nSPS) is 19.2. The van der Waals surface area contributed by atoms with Gasteiger partial charge >= 0.3 is 5.97 Å². The number of likely N-dealkylation sites (tertiary alicyclic amines) is 1. The van der Waals surface area contributed by atoms with Crippen molar-refractivity contribution in [3.63, 3.8) is 0 Å². The molecule has 0 aromatic carbocycles. The number of aromatic nitrogens is 2. The summed E-state index contributed by atoms with van der Waals surface area (Å²) < 4.78 is 6.62. The van der Waals surface area contributed by atoms with Gasteiger partial charge in [-0.3, -0.25) is 9.59 Å². The quantitative estimate of drug-likeness (QED) is 0.751. The molecule has 2 heterocycles. The fraction of sp³-hybridized carbons (Fsp3) is 0.615. The average Bonchev–Trinajstić information content (AvgIpc) is 2.97. The van der Waals surface area contributed by atoms with Crippen molar-refractivity contribution in [3.8, 4) is 0 Å². The van der Waals surface area contributed by atoms with Crippen LogP contribution in [0.5, 0.6) is 0 Å². The maximum absolute atomic E-state index is 12.1. The molecule has 1 amide bonds. The van der Waals surface area contributed by atoms with E-state index in [-0.39, 0.29) is 17.8 Å². The molecule has 1 aliphatic heterocycles. The standard InChI is InChI=1S/C13H19N3O3/c1-19-13(18)11-3-2-6-16(9-11)12(17)4-7-15-8-5-14-10-15/h5,8,10-11H,2-4,6-7,9H2,1H3/t11-/m0/s1. The molecule has 0 N–H and O–H groups in total. The number of rotatable bonds is 4. The minimum atomic E-state index is -0.216. The van der Waals surface area contributed by atoms with E-state index >= 15 is 0 Å². The first-order valence-corrected chi connectivity index (χ1v) is 6.52. The molecule has 0 aliphatic carbocycles. The molecular weight excluding hydrogens is 246 g/mol. The van der Waals surface area contributed by atoms with Crippen LogP contribution in [0.25, 0.3) is 0 Å². The minimum absolute atomic E-state index is 0.0855. The van der Waals surface area contributed by atoms with E-state index in [9.17, 15) is 9.59 Å². The molecular formula is C13H19N3O3. The Morgan fingerprint density at radius 3 is 3.00 bits per heavy atom. The first-order chi connectivity index (χ1) is 9.20. The average molecular weight is 265 g/mol. The van der Waals surface area contributed by atoms with Crippen molar-refractivity contribution in [2.45, 2.75) is 25.8 Å². The molecule has 2 rings (SSSR count). The van der Waals surface area contributed by atoms with Crippen LogP contribution in [0.3, 0.4) is 0 Å². The Morgan fingerprint density at radius 2 is 2.32 bits per heavy atom. The summed E-state index contributed by atoms with van der Waals surface area (Å²) in [6.07, 6.45) is 7.32. The summed E-state index contributed by atoms with van der Waals surface area (Å²) in [5, 5.41) is 0. The van der Waals surface area contributed by atoms with Gasteiger partial charge in [-0.15, -0.1) is 0 Å². The summed E-state index contributed by atoms with van der Waals surface area (Å²) in [5.74, 6) is -0.301. The molecule has 0 saturated carbocycles. The lowest BCUT2D eigenvalue weighted by Gasteiger charge is -2.31. The number of imidazole rings is 1. The van der Waals surface area contributed by atoms with Crippen LogP contribution in [0.4, 0.5) is 0 Å². The summed E-state index contributed by atoms with van der Waals surface area (Å²) in [4.78, 5) is 29.3. The molecule has 0 spiro atoms. The van der Waals surface area contributed by atoms with Gasteiger partial charge in [-0.1, -0.05) is 0 Å². The smallest absolute Gasteiger partial charge is 0.310 e. The molecule has 19 heavy (non-hydrogen) atoms. The molecule has 1 aromatic rings. The van der Waals surface area contributed by atoms with Crippen LogP contribution < -0.4 is 0 Å². The summed E-state index contributed by atoms with van der Waals surface area (Å²) >= 11 is 0. The Labute approximate surface area is 112 Å². The molecule has 104 valence electrons. The SMILES string of the molecule is COC(=O)[C@H]1CCCN(C(=O)CCn2ccnc2)C1. The zero-order valence-electron chi connectivity index (χ0n) is 11.1. The van der Waals surface area contributed by atoms with E-state index in [1.165, 1.54) is 7.11 Å². The van der Waals surface area contributed by atoms with E-state index in [0.717, 1.165) is 19.4 Å². The van der Waals surface area contributed by atoms with Crippen LogP contribution in [-0.4, -0.2) is 46.5 Å². The molecule has 1 aromatic heterocycles. The minimum Gasteiger partial charge on any atom is -0.469 e. The number of aryl methyl sites for hydroxylation is 1. The van der Waals surface area contributed by atoms with Gasteiger partial charge in [0.1, 0.15) is 0 Å². The van der Waals surface area contributed by atoms with Crippen LogP contribution in [-0.2, 0) is 20.9 Å². The molecule has 0 radical (unpaired) electrons. The highest BCUT2D eigenvalue weighted by Gasteiger charge is 2.28. The van der Waals surface area contributed by atoms with Crippen molar-refractivity contribution in [2.75, 3.05) is 20.2 Å². The van der Waals surface area contributed by atoms with Gasteiger partial charge in [-0.05, 0) is 12.8 Å². The number of ether oxygens (including phenoxy) is 1. The van der Waals surface area contributed by atoms with Gasteiger partial charge in [0.05, 0.1) is 19.4 Å². The summed E-state index contributed by atoms with van der Waals surface area (Å²) in [6, 6.07) is 0. The van der Waals surface area contributed by atoms with E-state index in [1.807, 2.05) is 10.8 Å². The van der Waals surface area contributed by atoms with Crippen LogP contribution in [0.2, 0.25) is 0 Å². The van der Waals surface area contributed by atoms with E-state index in [4.69, 9.17) is 4.74 Å². The molecule has 1 aliphatic rings. The first kappa shape index (κ1) is 13.6. The number of nitrogens with zero attached hydrogens (tertiary/aromatic N) is 3. The van der Waals surface area contributed by atoms with Crippen LogP contribution in [0, 0.1) is 5.92 Å². The number of methoxy groups -OCH3 is 1. The van der Waals surface area contributed by atoms with Crippen molar-refractivity contribution in [3.05, 3.63) is 18.7 Å². The zero-order valence-corrected chi connectivity index (χ0v) is 11.1. The third-order valence-corrected chi connectivity index (χ3v) is 3.45. The number of amides is 1. The van der Waals surface area contributed by atoms with Crippen LogP contribution in [0.1, 0.15) is 19.3 Å². The molecule has 1 atom stereocenters. The lowest BCUT2D eigenvalue weighted by Crippen LogP contribution is -2.42. The molecule has 1 fully saturated rings. The number of carbonyl (C=O) groups excluding carboxylic acids is 2. The summed E-state index contributed by atoms with van der Waals surface area (Å²) in [7, 11) is 1.39. The Balaban J connectivity index is 1.83. The maximum Gasteiger partial charge on any atom is 0.310 e. The fourth-order valence-electron chi connectivity index (χ4n) is 2.36. The topological polar surface area (TPSA) is 64.4 Å². The Kier molecular flexibility index (Phi) is 4.54. The van der Waals surface area contributed by atoms with Crippen molar-refractivity contribution in [2.24, 2.45) is 5.92 Å². The first-order valence-electron chi connectivity index (χ1n) is 6.52. The summed E-state index contributed by atoms with van der Waals surface area (Å²) in [6.45, 7) is 1.84. The second kappa shape index (κ2) is 6.36. The largest absolute Gasteiger partial charge is 0.469 e. The lowest BCUT2D eigenvalue weighted by atomic mass is 9.98. The molecule has 6 heteroatoms. The molecule has 0 bridgehead atoms. The molecule has 1 saturated heterocycles. The van der Waals surface area contributed by atoms with Gasteiger partial charge in [0.2, 0.25) is 5.91 Å². The van der Waals surface area contributed by atoms with Crippen molar-refractivity contribution >= 4 is 11.9 Å². The highest BCUT2D eigenvalue weighted by atomic mass is 16.5. The van der Waals surface area contributed by atoms with Crippen molar-refractivity contribution in [1.29, 1.82) is 0 Å². The number of esters is 1. The van der Waals surface area contributed by atoms with Gasteiger partial charge in [-0.25, -0.2) is 4.98 Å². The van der Waals surface area contributed by atoms with E-state index in [1.54, 1.807) is 17.4 Å². The van der Waals surface area contributed by atoms with Gasteiger partial charge < -0.3 is 14.2 Å². The van der Waals surface area contributed by atoms with Gasteiger partial charge in [0.25, 0.3) is 0 Å². The number of carbonyl (C=O) groups is 2. The third-order valence-electron chi connectivity index (χ3n) is 3.45. The highest BCUT2D eigenvalue weighted by Crippen LogP contribution is 2.18. The Hall–Kier alpha value is -1.85. The van der Waals surface area contributed by atoms with E-state index in [2.05, 4.69) is 4.98 Å². The summed E-state index contributed by atoms with van der Waals surface area (Å²) in [5.41, 5.74) is 0. The number of hydrogen-bond donors (Lipinski definition) is 0. The molecule has 0 unspecified atom stereocenters. The third kappa shape index (κ3) is 3.56. The second-order valence-electron chi connectivity index (χ2n) is 4.75. The lowest BCUT2D eigenvalue weighted by molar-refractivity contribution is -0.149. The molecule has 6 nitrogen and oxygen atoms in total. The predicted octanol–water partition coefficient (Wildman–Crippen LogP) is 0.685. The van der Waals surface area contributed by atoms with Crippen LogP contribution >= 0.6 is 0 Å². The predicted molar refractivity (Wildman–Crippen MR) is 68.2 cm³/mol. The van der Waals surface area contributed by atoms with Gasteiger partial charge in [0.15, 0.2) is 0 Å². The fourth-order valence-corrected chi connectivity index (χ4v) is 2.36. The maximum atomic E-state index is 12.1.